The number of carbonyl (C=O) groups is 2. The molecule has 0 aromatic heterocycles. The predicted octanol–water partition coefficient (Wildman–Crippen LogP) is 1.91. The Labute approximate surface area is 130 Å². The molecule has 6 nitrogen and oxygen atoms in total. The van der Waals surface area contributed by atoms with Gasteiger partial charge in [-0.2, -0.15) is 5.26 Å². The Bertz CT molecular complexity index is 575. The summed E-state index contributed by atoms with van der Waals surface area (Å²) in [5.74, 6) is -0.396. The molecule has 1 amide bonds. The number of nitrogens with one attached hydrogen (secondary N) is 1. The fraction of sp³-hybridized carbons (Fsp3) is 0.438. The molecular weight excluding hydrogens is 284 g/mol. The summed E-state index contributed by atoms with van der Waals surface area (Å²) in [5, 5.41) is 11.8. The maximum Gasteiger partial charge on any atom is 0.337 e. The molecular formula is C16H20N2O4. The third-order valence-electron chi connectivity index (χ3n) is 3.43. The van der Waals surface area contributed by atoms with Crippen molar-refractivity contribution in [3.63, 3.8) is 0 Å². The molecule has 1 rings (SSSR count). The predicted molar refractivity (Wildman–Crippen MR) is 80.3 cm³/mol. The van der Waals surface area contributed by atoms with Gasteiger partial charge in [-0.25, -0.2) is 4.79 Å². The molecule has 1 aromatic carbocycles. The molecule has 1 atom stereocenters. The summed E-state index contributed by atoms with van der Waals surface area (Å²) < 4.78 is 9.92. The van der Waals surface area contributed by atoms with E-state index in [2.05, 4.69) is 16.1 Å². The van der Waals surface area contributed by atoms with Crippen LogP contribution in [0.15, 0.2) is 24.3 Å². The van der Waals surface area contributed by atoms with Gasteiger partial charge in [0.05, 0.1) is 18.7 Å². The molecule has 0 spiro atoms. The van der Waals surface area contributed by atoms with Gasteiger partial charge in [0.15, 0.2) is 6.61 Å². The highest BCUT2D eigenvalue weighted by atomic mass is 16.5. The first-order valence-electron chi connectivity index (χ1n) is 6.86. The highest BCUT2D eigenvalue weighted by Gasteiger charge is 2.29. The summed E-state index contributed by atoms with van der Waals surface area (Å²) >= 11 is 0. The molecule has 0 radical (unpaired) electrons. The van der Waals surface area contributed by atoms with Crippen molar-refractivity contribution in [2.24, 2.45) is 5.92 Å². The lowest BCUT2D eigenvalue weighted by Gasteiger charge is -2.27. The Hall–Kier alpha value is -2.55. The number of amides is 1. The Kier molecular flexibility index (Phi) is 5.93. The first-order chi connectivity index (χ1) is 10.3. The molecule has 0 saturated carbocycles. The van der Waals surface area contributed by atoms with Crippen LogP contribution in [0, 0.1) is 17.2 Å². The van der Waals surface area contributed by atoms with Gasteiger partial charge in [-0.05, 0) is 37.1 Å². The Balaban J connectivity index is 2.58. The van der Waals surface area contributed by atoms with Crippen molar-refractivity contribution in [2.75, 3.05) is 13.7 Å². The van der Waals surface area contributed by atoms with Crippen LogP contribution in [-0.4, -0.2) is 31.1 Å². The molecule has 0 aliphatic carbocycles. The molecule has 0 bridgehead atoms. The van der Waals surface area contributed by atoms with Crippen molar-refractivity contribution in [1.82, 2.24) is 5.32 Å². The summed E-state index contributed by atoms with van der Waals surface area (Å²) in [6, 6.07) is 8.34. The number of esters is 1. The van der Waals surface area contributed by atoms with Crippen molar-refractivity contribution in [3.8, 4) is 11.8 Å². The maximum absolute atomic E-state index is 11.9. The largest absolute Gasteiger partial charge is 0.484 e. The molecule has 0 saturated heterocycles. The number of ether oxygens (including phenoxy) is 2. The molecule has 0 aliphatic heterocycles. The average Bonchev–Trinajstić information content (AvgIpc) is 2.52. The van der Waals surface area contributed by atoms with Crippen LogP contribution in [-0.2, 0) is 9.53 Å². The van der Waals surface area contributed by atoms with Crippen LogP contribution in [0.5, 0.6) is 5.75 Å². The Morgan fingerprint density at radius 2 is 1.91 bits per heavy atom. The number of nitriles is 1. The monoisotopic (exact) mass is 304 g/mol. The van der Waals surface area contributed by atoms with Crippen molar-refractivity contribution in [2.45, 2.75) is 26.3 Å². The Morgan fingerprint density at radius 1 is 1.32 bits per heavy atom. The number of rotatable bonds is 6. The van der Waals surface area contributed by atoms with E-state index >= 15 is 0 Å². The molecule has 118 valence electrons. The molecule has 1 aromatic rings. The quantitative estimate of drug-likeness (QED) is 0.811. The lowest BCUT2D eigenvalue weighted by Crippen LogP contribution is -2.50. The second kappa shape index (κ2) is 7.46. The lowest BCUT2D eigenvalue weighted by atomic mass is 9.90. The van der Waals surface area contributed by atoms with Crippen LogP contribution in [0.4, 0.5) is 0 Å². The fourth-order valence-corrected chi connectivity index (χ4v) is 1.58. The van der Waals surface area contributed by atoms with Crippen molar-refractivity contribution in [3.05, 3.63) is 29.8 Å². The van der Waals surface area contributed by atoms with E-state index in [1.807, 2.05) is 13.8 Å². The zero-order chi connectivity index (χ0) is 16.8. The number of hydrogen-bond acceptors (Lipinski definition) is 5. The number of carbonyl (C=O) groups excluding carboxylic acids is 2. The second-order valence-electron chi connectivity index (χ2n) is 5.32. The number of methoxy groups -OCH3 is 1. The normalized spacial score (nSPS) is 12.9. The van der Waals surface area contributed by atoms with E-state index in [0.717, 1.165) is 0 Å². The molecule has 22 heavy (non-hydrogen) atoms. The summed E-state index contributed by atoms with van der Waals surface area (Å²) in [7, 11) is 1.30. The zero-order valence-corrected chi connectivity index (χ0v) is 13.2. The number of hydrogen-bond donors (Lipinski definition) is 1. The molecule has 0 fully saturated rings. The highest BCUT2D eigenvalue weighted by Crippen LogP contribution is 2.16. The minimum absolute atomic E-state index is 0.0270. The number of benzene rings is 1. The van der Waals surface area contributed by atoms with Crippen molar-refractivity contribution in [1.29, 1.82) is 5.26 Å². The van der Waals surface area contributed by atoms with Crippen molar-refractivity contribution >= 4 is 11.9 Å². The van der Waals surface area contributed by atoms with Gasteiger partial charge in [-0.15, -0.1) is 0 Å². The second-order valence-corrected chi connectivity index (χ2v) is 5.32. The van der Waals surface area contributed by atoms with Crippen molar-refractivity contribution < 1.29 is 19.1 Å². The van der Waals surface area contributed by atoms with E-state index in [-0.39, 0.29) is 18.4 Å². The van der Waals surface area contributed by atoms with Gasteiger partial charge < -0.3 is 14.8 Å². The summed E-state index contributed by atoms with van der Waals surface area (Å²) in [6.45, 7) is 5.17. The van der Waals surface area contributed by atoms with Crippen LogP contribution in [0.25, 0.3) is 0 Å². The average molecular weight is 304 g/mol. The molecule has 1 N–H and O–H groups in total. The summed E-state index contributed by atoms with van der Waals surface area (Å²) in [5.41, 5.74) is -0.536. The smallest absolute Gasteiger partial charge is 0.337 e. The minimum Gasteiger partial charge on any atom is -0.484 e. The SMILES string of the molecule is COC(=O)c1ccc(OCC(=O)N[C@](C)(C#N)C(C)C)cc1. The summed E-state index contributed by atoms with van der Waals surface area (Å²) in [4.78, 5) is 23.1. The van der Waals surface area contributed by atoms with Gasteiger partial charge in [0, 0.05) is 0 Å². The minimum atomic E-state index is -0.935. The topological polar surface area (TPSA) is 88.4 Å². The van der Waals surface area contributed by atoms with Gasteiger partial charge >= 0.3 is 5.97 Å². The highest BCUT2D eigenvalue weighted by molar-refractivity contribution is 5.89. The van der Waals surface area contributed by atoms with E-state index in [0.29, 0.717) is 11.3 Å². The van der Waals surface area contributed by atoms with E-state index in [4.69, 9.17) is 10.00 Å². The third-order valence-corrected chi connectivity index (χ3v) is 3.43. The molecule has 0 aliphatic rings. The standard InChI is InChI=1S/C16H20N2O4/c1-11(2)16(3,10-17)18-14(19)9-22-13-7-5-12(6-8-13)15(20)21-4/h5-8,11H,9H2,1-4H3,(H,18,19)/t16-/m1/s1. The zero-order valence-electron chi connectivity index (χ0n) is 13.2. The van der Waals surface area contributed by atoms with E-state index in [9.17, 15) is 9.59 Å². The molecule has 0 unspecified atom stereocenters. The lowest BCUT2D eigenvalue weighted by molar-refractivity contribution is -0.124. The van der Waals surface area contributed by atoms with E-state index < -0.39 is 11.5 Å². The first kappa shape index (κ1) is 17.5. The van der Waals surface area contributed by atoms with Gasteiger partial charge in [0.1, 0.15) is 11.3 Å². The van der Waals surface area contributed by atoms with E-state index in [1.54, 1.807) is 31.2 Å². The van der Waals surface area contributed by atoms with Crippen LogP contribution < -0.4 is 10.1 Å². The molecule has 0 heterocycles. The number of nitrogens with zero attached hydrogens (tertiary/aromatic N) is 1. The van der Waals surface area contributed by atoms with Crippen LogP contribution in [0.3, 0.4) is 0 Å². The van der Waals surface area contributed by atoms with Gasteiger partial charge in [0.2, 0.25) is 0 Å². The van der Waals surface area contributed by atoms with Crippen LogP contribution in [0.1, 0.15) is 31.1 Å². The van der Waals surface area contributed by atoms with Gasteiger partial charge in [-0.1, -0.05) is 13.8 Å². The fourth-order valence-electron chi connectivity index (χ4n) is 1.58. The van der Waals surface area contributed by atoms with Gasteiger partial charge in [0.25, 0.3) is 5.91 Å². The van der Waals surface area contributed by atoms with E-state index in [1.165, 1.54) is 7.11 Å². The van der Waals surface area contributed by atoms with Crippen LogP contribution >= 0.6 is 0 Å². The van der Waals surface area contributed by atoms with Crippen LogP contribution in [0.2, 0.25) is 0 Å². The first-order valence-corrected chi connectivity index (χ1v) is 6.86. The third kappa shape index (κ3) is 4.48. The Morgan fingerprint density at radius 3 is 2.36 bits per heavy atom. The molecule has 6 heteroatoms. The summed E-state index contributed by atoms with van der Waals surface area (Å²) in [6.07, 6.45) is 0. The maximum atomic E-state index is 11.9. The van der Waals surface area contributed by atoms with Gasteiger partial charge in [-0.3, -0.25) is 4.79 Å².